The largest absolute Gasteiger partial charge is 0.460 e. The van der Waals surface area contributed by atoms with Gasteiger partial charge < -0.3 is 20.1 Å². The Morgan fingerprint density at radius 1 is 0.824 bits per heavy atom. The highest BCUT2D eigenvalue weighted by atomic mass is 32.1. The van der Waals surface area contributed by atoms with Crippen molar-refractivity contribution in [2.45, 2.75) is 77.7 Å². The molecule has 0 aliphatic carbocycles. The van der Waals surface area contributed by atoms with E-state index in [9.17, 15) is 9.59 Å². The SMILES string of the molecule is CC(C)(C)OC(=O)C[C@@H](NC(=S)N[C@@H](Cc1ccccc1)c1ccccc1)C(=O)OC(C)(C)C. The molecule has 0 amide bonds. The van der Waals surface area contributed by atoms with Crippen LogP contribution < -0.4 is 10.6 Å². The molecule has 2 aromatic rings. The number of nitrogens with one attached hydrogen (secondary N) is 2. The third kappa shape index (κ3) is 10.3. The maximum atomic E-state index is 12.9. The molecule has 0 heterocycles. The lowest BCUT2D eigenvalue weighted by Crippen LogP contribution is -2.50. The summed E-state index contributed by atoms with van der Waals surface area (Å²) in [7, 11) is 0. The molecule has 2 atom stereocenters. The summed E-state index contributed by atoms with van der Waals surface area (Å²) >= 11 is 5.56. The van der Waals surface area contributed by atoms with Gasteiger partial charge in [0, 0.05) is 0 Å². The van der Waals surface area contributed by atoms with Crippen molar-refractivity contribution in [3.05, 3.63) is 71.8 Å². The molecule has 184 valence electrons. The Bertz CT molecular complexity index is 950. The first-order valence-corrected chi connectivity index (χ1v) is 11.8. The monoisotopic (exact) mass is 484 g/mol. The van der Waals surface area contributed by atoms with Gasteiger partial charge in [-0.25, -0.2) is 4.79 Å². The summed E-state index contributed by atoms with van der Waals surface area (Å²) in [5.41, 5.74) is 0.822. The van der Waals surface area contributed by atoms with Crippen molar-refractivity contribution in [2.24, 2.45) is 0 Å². The molecule has 7 heteroatoms. The summed E-state index contributed by atoms with van der Waals surface area (Å²) in [5, 5.41) is 6.55. The molecule has 0 bridgehead atoms. The molecule has 0 spiro atoms. The molecule has 2 aromatic carbocycles. The second kappa shape index (κ2) is 12.0. The molecule has 2 rings (SSSR count). The van der Waals surface area contributed by atoms with E-state index >= 15 is 0 Å². The lowest BCUT2D eigenvalue weighted by molar-refractivity contribution is -0.164. The molecule has 0 aliphatic rings. The normalized spacial score (nSPS) is 13.4. The molecule has 0 unspecified atom stereocenters. The van der Waals surface area contributed by atoms with Crippen LogP contribution in [0.25, 0.3) is 0 Å². The van der Waals surface area contributed by atoms with E-state index in [1.807, 2.05) is 48.5 Å². The van der Waals surface area contributed by atoms with Crippen molar-refractivity contribution < 1.29 is 19.1 Å². The van der Waals surface area contributed by atoms with Crippen molar-refractivity contribution in [1.29, 1.82) is 0 Å². The van der Waals surface area contributed by atoms with E-state index in [1.165, 1.54) is 0 Å². The van der Waals surface area contributed by atoms with Gasteiger partial charge in [0.05, 0.1) is 12.5 Å². The van der Waals surface area contributed by atoms with Gasteiger partial charge in [-0.2, -0.15) is 0 Å². The minimum absolute atomic E-state index is 0.135. The van der Waals surface area contributed by atoms with Crippen molar-refractivity contribution in [2.75, 3.05) is 0 Å². The Morgan fingerprint density at radius 2 is 1.35 bits per heavy atom. The fraction of sp³-hybridized carbons (Fsp3) is 0.444. The summed E-state index contributed by atoms with van der Waals surface area (Å²) < 4.78 is 10.9. The number of esters is 2. The third-order valence-corrected chi connectivity index (χ3v) is 4.81. The van der Waals surface area contributed by atoms with Gasteiger partial charge in [-0.1, -0.05) is 60.7 Å². The fourth-order valence-electron chi connectivity index (χ4n) is 3.26. The summed E-state index contributed by atoms with van der Waals surface area (Å²) in [4.78, 5) is 25.3. The van der Waals surface area contributed by atoms with Crippen LogP contribution in [0.1, 0.15) is 65.1 Å². The van der Waals surface area contributed by atoms with E-state index < -0.39 is 29.2 Å². The first-order valence-electron chi connectivity index (χ1n) is 11.4. The Hall–Kier alpha value is -2.93. The predicted molar refractivity (Wildman–Crippen MR) is 138 cm³/mol. The molecule has 34 heavy (non-hydrogen) atoms. The minimum Gasteiger partial charge on any atom is -0.460 e. The van der Waals surface area contributed by atoms with Gasteiger partial charge in [-0.05, 0) is 71.3 Å². The topological polar surface area (TPSA) is 76.7 Å². The van der Waals surface area contributed by atoms with E-state index in [-0.39, 0.29) is 17.6 Å². The summed E-state index contributed by atoms with van der Waals surface area (Å²) in [6.07, 6.45) is 0.485. The Labute approximate surface area is 208 Å². The van der Waals surface area contributed by atoms with Crippen LogP contribution in [-0.4, -0.2) is 34.3 Å². The maximum absolute atomic E-state index is 12.9. The Kier molecular flexibility index (Phi) is 9.62. The van der Waals surface area contributed by atoms with E-state index in [2.05, 4.69) is 22.8 Å². The number of ether oxygens (including phenoxy) is 2. The number of carbonyl (C=O) groups excluding carboxylic acids is 2. The van der Waals surface area contributed by atoms with Gasteiger partial charge in [0.2, 0.25) is 0 Å². The lowest BCUT2D eigenvalue weighted by Gasteiger charge is -2.28. The van der Waals surface area contributed by atoms with Crippen molar-refractivity contribution >= 4 is 29.3 Å². The highest BCUT2D eigenvalue weighted by Gasteiger charge is 2.30. The second-order valence-electron chi connectivity index (χ2n) is 10.1. The standard InChI is InChI=1S/C27H36N2O4S/c1-26(2,3)32-23(30)18-22(24(31)33-27(4,5)6)29-25(34)28-21(20-15-11-8-12-16-20)17-19-13-9-7-10-14-19/h7-16,21-22H,17-18H2,1-6H3,(H2,28,29,34)/t21-,22+/m0/s1. The number of hydrogen-bond donors (Lipinski definition) is 2. The third-order valence-electron chi connectivity index (χ3n) is 4.58. The van der Waals surface area contributed by atoms with Crippen LogP contribution in [0, 0.1) is 0 Å². The molecular weight excluding hydrogens is 448 g/mol. The zero-order valence-electron chi connectivity index (χ0n) is 20.9. The first-order chi connectivity index (χ1) is 15.8. The van der Waals surface area contributed by atoms with Crippen molar-refractivity contribution in [1.82, 2.24) is 10.6 Å². The van der Waals surface area contributed by atoms with Gasteiger partial charge in [0.1, 0.15) is 17.2 Å². The van der Waals surface area contributed by atoms with Crippen molar-refractivity contribution in [3.8, 4) is 0 Å². The van der Waals surface area contributed by atoms with E-state index in [4.69, 9.17) is 21.7 Å². The lowest BCUT2D eigenvalue weighted by atomic mass is 9.99. The number of benzene rings is 2. The molecule has 0 radical (unpaired) electrons. The van der Waals surface area contributed by atoms with Gasteiger partial charge in [-0.3, -0.25) is 4.79 Å². The molecule has 0 saturated heterocycles. The van der Waals surface area contributed by atoms with Gasteiger partial charge >= 0.3 is 11.9 Å². The van der Waals surface area contributed by atoms with E-state index in [0.717, 1.165) is 11.1 Å². The number of rotatable bonds is 8. The van der Waals surface area contributed by atoms with Crippen LogP contribution >= 0.6 is 12.2 Å². The molecule has 2 N–H and O–H groups in total. The van der Waals surface area contributed by atoms with E-state index in [1.54, 1.807) is 41.5 Å². The number of carbonyl (C=O) groups is 2. The molecule has 0 aromatic heterocycles. The zero-order chi connectivity index (χ0) is 25.4. The van der Waals surface area contributed by atoms with Crippen LogP contribution in [0.4, 0.5) is 0 Å². The number of hydrogen-bond acceptors (Lipinski definition) is 5. The van der Waals surface area contributed by atoms with Crippen LogP contribution in [0.3, 0.4) is 0 Å². The zero-order valence-corrected chi connectivity index (χ0v) is 21.7. The highest BCUT2D eigenvalue weighted by Crippen LogP contribution is 2.19. The average Bonchev–Trinajstić information content (AvgIpc) is 2.71. The first kappa shape index (κ1) is 27.3. The van der Waals surface area contributed by atoms with Crippen LogP contribution in [0.2, 0.25) is 0 Å². The minimum atomic E-state index is -0.984. The van der Waals surface area contributed by atoms with Gasteiger partial charge in [-0.15, -0.1) is 0 Å². The molecule has 6 nitrogen and oxygen atoms in total. The van der Waals surface area contributed by atoms with Gasteiger partial charge in [0.15, 0.2) is 5.11 Å². The smallest absolute Gasteiger partial charge is 0.329 e. The van der Waals surface area contributed by atoms with Crippen LogP contribution in [0.15, 0.2) is 60.7 Å². The Balaban J connectivity index is 2.17. The molecule has 0 saturated carbocycles. The Morgan fingerprint density at radius 3 is 1.88 bits per heavy atom. The summed E-state index contributed by atoms with van der Waals surface area (Å²) in [6, 6.07) is 18.9. The maximum Gasteiger partial charge on any atom is 0.329 e. The second-order valence-corrected chi connectivity index (χ2v) is 10.6. The highest BCUT2D eigenvalue weighted by molar-refractivity contribution is 7.80. The predicted octanol–water partition coefficient (Wildman–Crippen LogP) is 4.88. The summed E-state index contributed by atoms with van der Waals surface area (Å²) in [6.45, 7) is 10.7. The quantitative estimate of drug-likeness (QED) is 0.409. The fourth-order valence-corrected chi connectivity index (χ4v) is 3.55. The van der Waals surface area contributed by atoms with Crippen LogP contribution in [-0.2, 0) is 25.5 Å². The molecule has 0 aliphatic heterocycles. The summed E-state index contributed by atoms with van der Waals surface area (Å²) in [5.74, 6) is -1.08. The molecular formula is C27H36N2O4S. The van der Waals surface area contributed by atoms with E-state index in [0.29, 0.717) is 6.42 Å². The van der Waals surface area contributed by atoms with Crippen molar-refractivity contribution in [3.63, 3.8) is 0 Å². The molecule has 0 fully saturated rings. The van der Waals surface area contributed by atoms with Crippen LogP contribution in [0.5, 0.6) is 0 Å². The van der Waals surface area contributed by atoms with Gasteiger partial charge in [0.25, 0.3) is 0 Å². The number of thiocarbonyl (C=S) groups is 1. The average molecular weight is 485 g/mol.